The third-order valence-corrected chi connectivity index (χ3v) is 4.36. The van der Waals surface area contributed by atoms with Gasteiger partial charge in [-0.25, -0.2) is 4.39 Å². The number of halogens is 1. The minimum Gasteiger partial charge on any atom is -0.361 e. The molecule has 1 aromatic carbocycles. The van der Waals surface area contributed by atoms with Crippen molar-refractivity contribution in [3.63, 3.8) is 0 Å². The minimum absolute atomic E-state index is 0.0598. The number of hydrogen-bond acceptors (Lipinski definition) is 4. The Morgan fingerprint density at radius 1 is 1.35 bits per heavy atom. The number of nitrogens with zero attached hydrogens (tertiary/aromatic N) is 1. The number of piperidine rings is 1. The maximum Gasteiger partial charge on any atom is 0.257 e. The maximum atomic E-state index is 13.1. The van der Waals surface area contributed by atoms with Crippen LogP contribution in [-0.2, 0) is 0 Å². The molecular formula is C17H20FN3O2. The minimum atomic E-state index is -0.251. The summed E-state index contributed by atoms with van der Waals surface area (Å²) in [4.78, 5) is 12.5. The van der Waals surface area contributed by atoms with Crippen molar-refractivity contribution < 1.29 is 13.7 Å². The lowest BCUT2D eigenvalue weighted by Gasteiger charge is -2.33. The number of hydrogen-bond donors (Lipinski definition) is 2. The smallest absolute Gasteiger partial charge is 0.257 e. The third kappa shape index (κ3) is 3.27. The van der Waals surface area contributed by atoms with Gasteiger partial charge in [-0.3, -0.25) is 4.79 Å². The van der Waals surface area contributed by atoms with Crippen molar-refractivity contribution in [3.05, 3.63) is 52.7 Å². The summed E-state index contributed by atoms with van der Waals surface area (Å²) < 4.78 is 18.2. The summed E-state index contributed by atoms with van der Waals surface area (Å²) in [6.45, 7) is 5.03. The molecule has 0 radical (unpaired) electrons. The second-order valence-electron chi connectivity index (χ2n) is 5.93. The molecule has 1 aliphatic heterocycles. The highest BCUT2D eigenvalue weighted by Crippen LogP contribution is 2.26. The average Bonchev–Trinajstić information content (AvgIpc) is 2.88. The van der Waals surface area contributed by atoms with Gasteiger partial charge in [0.05, 0.1) is 5.69 Å². The predicted octanol–water partition coefficient (Wildman–Crippen LogP) is 2.31. The number of rotatable bonds is 3. The Hall–Kier alpha value is -2.21. The summed E-state index contributed by atoms with van der Waals surface area (Å²) in [7, 11) is 0. The van der Waals surface area contributed by atoms with Crippen molar-refractivity contribution in [1.29, 1.82) is 0 Å². The standard InChI is InChI=1S/C17H20FN3O2/c1-10-16(11(2)23-21-10)17(22)20-15-9-19-8-7-14(15)12-3-5-13(18)6-4-12/h3-6,14-15,19H,7-9H2,1-2H3,(H,20,22). The summed E-state index contributed by atoms with van der Waals surface area (Å²) in [6, 6.07) is 6.45. The summed E-state index contributed by atoms with van der Waals surface area (Å²) >= 11 is 0. The lowest BCUT2D eigenvalue weighted by atomic mass is 9.86. The predicted molar refractivity (Wildman–Crippen MR) is 83.9 cm³/mol. The Morgan fingerprint density at radius 2 is 2.09 bits per heavy atom. The molecule has 2 unspecified atom stereocenters. The van der Waals surface area contributed by atoms with Gasteiger partial charge < -0.3 is 15.2 Å². The molecule has 1 aliphatic rings. The maximum absolute atomic E-state index is 13.1. The van der Waals surface area contributed by atoms with Crippen LogP contribution in [0.5, 0.6) is 0 Å². The fraction of sp³-hybridized carbons (Fsp3) is 0.412. The van der Waals surface area contributed by atoms with Gasteiger partial charge in [-0.05, 0) is 44.5 Å². The molecule has 0 spiro atoms. The van der Waals surface area contributed by atoms with E-state index in [0.29, 0.717) is 23.6 Å². The van der Waals surface area contributed by atoms with Gasteiger partial charge >= 0.3 is 0 Å². The van der Waals surface area contributed by atoms with E-state index in [4.69, 9.17) is 4.52 Å². The van der Waals surface area contributed by atoms with E-state index < -0.39 is 0 Å². The van der Waals surface area contributed by atoms with Gasteiger partial charge in [0.25, 0.3) is 5.91 Å². The number of aryl methyl sites for hydroxylation is 2. The fourth-order valence-electron chi connectivity index (χ4n) is 3.17. The molecule has 5 nitrogen and oxygen atoms in total. The molecule has 1 fully saturated rings. The van der Waals surface area contributed by atoms with Crippen LogP contribution in [0, 0.1) is 19.7 Å². The highest BCUT2D eigenvalue weighted by molar-refractivity contribution is 5.96. The average molecular weight is 317 g/mol. The van der Waals surface area contributed by atoms with Crippen LogP contribution >= 0.6 is 0 Å². The largest absolute Gasteiger partial charge is 0.361 e. The molecule has 1 saturated heterocycles. The molecule has 0 bridgehead atoms. The molecule has 2 heterocycles. The molecule has 3 rings (SSSR count). The van der Waals surface area contributed by atoms with Crippen LogP contribution < -0.4 is 10.6 Å². The van der Waals surface area contributed by atoms with Crippen molar-refractivity contribution >= 4 is 5.91 Å². The van der Waals surface area contributed by atoms with Crippen molar-refractivity contribution in [1.82, 2.24) is 15.8 Å². The summed E-state index contributed by atoms with van der Waals surface area (Å²) in [5.41, 5.74) is 2.12. The number of benzene rings is 1. The van der Waals surface area contributed by atoms with Crippen molar-refractivity contribution in [2.45, 2.75) is 32.2 Å². The zero-order valence-electron chi connectivity index (χ0n) is 13.2. The molecule has 23 heavy (non-hydrogen) atoms. The second-order valence-corrected chi connectivity index (χ2v) is 5.93. The molecule has 2 N–H and O–H groups in total. The SMILES string of the molecule is Cc1noc(C)c1C(=O)NC1CNCCC1c1ccc(F)cc1. The Labute approximate surface area is 134 Å². The fourth-order valence-corrected chi connectivity index (χ4v) is 3.17. The van der Waals surface area contributed by atoms with Crippen LogP contribution in [0.2, 0.25) is 0 Å². The molecular weight excluding hydrogens is 297 g/mol. The lowest BCUT2D eigenvalue weighted by Crippen LogP contribution is -2.50. The van der Waals surface area contributed by atoms with E-state index in [9.17, 15) is 9.18 Å². The van der Waals surface area contributed by atoms with Crippen LogP contribution in [0.4, 0.5) is 4.39 Å². The van der Waals surface area contributed by atoms with Crippen molar-refractivity contribution in [2.75, 3.05) is 13.1 Å². The van der Waals surface area contributed by atoms with E-state index in [1.807, 2.05) is 0 Å². The van der Waals surface area contributed by atoms with E-state index in [-0.39, 0.29) is 23.7 Å². The topological polar surface area (TPSA) is 67.2 Å². The molecule has 6 heteroatoms. The van der Waals surface area contributed by atoms with Gasteiger partial charge in [0, 0.05) is 18.5 Å². The first-order valence-electron chi connectivity index (χ1n) is 7.76. The molecule has 1 aromatic heterocycles. The normalized spacial score (nSPS) is 21.2. The number of carbonyl (C=O) groups excluding carboxylic acids is 1. The zero-order chi connectivity index (χ0) is 16.4. The Balaban J connectivity index is 1.79. The van der Waals surface area contributed by atoms with E-state index in [1.165, 1.54) is 12.1 Å². The van der Waals surface area contributed by atoms with Crippen LogP contribution in [0.25, 0.3) is 0 Å². The highest BCUT2D eigenvalue weighted by Gasteiger charge is 2.29. The first kappa shape index (κ1) is 15.7. The van der Waals surface area contributed by atoms with Crippen LogP contribution in [0.15, 0.2) is 28.8 Å². The van der Waals surface area contributed by atoms with E-state index in [0.717, 1.165) is 18.5 Å². The lowest BCUT2D eigenvalue weighted by molar-refractivity contribution is 0.0922. The third-order valence-electron chi connectivity index (χ3n) is 4.36. The van der Waals surface area contributed by atoms with Crippen LogP contribution in [0.3, 0.4) is 0 Å². The van der Waals surface area contributed by atoms with Gasteiger partial charge in [0.1, 0.15) is 17.1 Å². The molecule has 2 atom stereocenters. The van der Waals surface area contributed by atoms with Crippen LogP contribution in [0.1, 0.15) is 39.7 Å². The first-order chi connectivity index (χ1) is 11.1. The molecule has 2 aromatic rings. The second kappa shape index (κ2) is 6.50. The summed E-state index contributed by atoms with van der Waals surface area (Å²) in [6.07, 6.45) is 0.887. The molecule has 0 aliphatic carbocycles. The Bertz CT molecular complexity index is 677. The summed E-state index contributed by atoms with van der Waals surface area (Å²) in [5, 5.41) is 10.2. The van der Waals surface area contributed by atoms with Crippen molar-refractivity contribution in [2.24, 2.45) is 0 Å². The van der Waals surface area contributed by atoms with Gasteiger partial charge in [-0.1, -0.05) is 17.3 Å². The zero-order valence-corrected chi connectivity index (χ0v) is 13.2. The Kier molecular flexibility index (Phi) is 4.43. The van der Waals surface area contributed by atoms with Crippen LogP contribution in [-0.4, -0.2) is 30.2 Å². The van der Waals surface area contributed by atoms with E-state index >= 15 is 0 Å². The molecule has 1 amide bonds. The quantitative estimate of drug-likeness (QED) is 0.911. The van der Waals surface area contributed by atoms with Gasteiger partial charge in [0.15, 0.2) is 0 Å². The summed E-state index contributed by atoms with van der Waals surface area (Å²) in [5.74, 6) is 0.240. The van der Waals surface area contributed by atoms with Gasteiger partial charge in [-0.15, -0.1) is 0 Å². The number of aromatic nitrogens is 1. The Morgan fingerprint density at radius 3 is 2.74 bits per heavy atom. The van der Waals surface area contributed by atoms with Crippen molar-refractivity contribution in [3.8, 4) is 0 Å². The van der Waals surface area contributed by atoms with E-state index in [2.05, 4.69) is 15.8 Å². The molecule has 122 valence electrons. The molecule has 0 saturated carbocycles. The van der Waals surface area contributed by atoms with E-state index in [1.54, 1.807) is 26.0 Å². The first-order valence-corrected chi connectivity index (χ1v) is 7.76. The van der Waals surface area contributed by atoms with Gasteiger partial charge in [0.2, 0.25) is 0 Å². The number of carbonyl (C=O) groups is 1. The number of amides is 1. The monoisotopic (exact) mass is 317 g/mol. The number of nitrogens with one attached hydrogen (secondary N) is 2. The van der Waals surface area contributed by atoms with Gasteiger partial charge in [-0.2, -0.15) is 0 Å². The highest BCUT2D eigenvalue weighted by atomic mass is 19.1.